The fraction of sp³-hybridized carbons (Fsp3) is 0.914. The van der Waals surface area contributed by atoms with Gasteiger partial charge in [0.2, 0.25) is 0 Å². The van der Waals surface area contributed by atoms with Gasteiger partial charge in [0.25, 0.3) is 0 Å². The van der Waals surface area contributed by atoms with Crippen LogP contribution in [0.4, 0.5) is 0 Å². The molecule has 3 heteroatoms. The van der Waals surface area contributed by atoms with Gasteiger partial charge in [0.15, 0.2) is 0 Å². The molecule has 2 atom stereocenters. The first-order valence-electron chi connectivity index (χ1n) is 27.5. The molecule has 1 aliphatic carbocycles. The molecule has 370 valence electrons. The fourth-order valence-corrected chi connectivity index (χ4v) is 7.11. The van der Waals surface area contributed by atoms with Crippen LogP contribution in [0.15, 0.2) is 25.3 Å². The van der Waals surface area contributed by atoms with Crippen molar-refractivity contribution in [3.8, 4) is 0 Å². The Morgan fingerprint density at radius 2 is 0.918 bits per heavy atom. The second-order valence-corrected chi connectivity index (χ2v) is 18.6. The van der Waals surface area contributed by atoms with Gasteiger partial charge in [-0.15, -0.1) is 13.2 Å². The predicted molar refractivity (Wildman–Crippen MR) is 284 cm³/mol. The van der Waals surface area contributed by atoms with Gasteiger partial charge in [-0.1, -0.05) is 267 Å². The van der Waals surface area contributed by atoms with Crippen LogP contribution in [0, 0.1) is 17.8 Å². The van der Waals surface area contributed by atoms with Crippen molar-refractivity contribution in [3.05, 3.63) is 25.3 Å². The molecule has 3 nitrogen and oxygen atoms in total. The molecule has 0 spiro atoms. The van der Waals surface area contributed by atoms with Gasteiger partial charge in [0, 0.05) is 20.1 Å². The molecule has 1 fully saturated rings. The largest absolute Gasteiger partial charge is 0.385 e. The standard InChI is InChI=1S/C19H38O.C14H28.C8H16O.C7H17N.C6H12.C4H10/c1-4-6-16-19(15-5-2)17-13-11-9-7-8-10-12-14-18-20-3;1-4-7-8-9-10-11-13-14(6-3)12-5-2;1-2-3-4-5-6-7-8-9;1-4-5-6-7-8(2)3;1-2-3-6-4-5-6;1-3-4-2/h5,19H,2,4,6-18H2,1,3H3;5,14H,2,4,6-13H2,1,3H3;8H,2-7H2,1H3;4-7H2,1-3H3;6H,2-5H2,1H3;3-4H2,1-2H3. The maximum atomic E-state index is 9.84. The number of carbonyl (C=O) groups is 1. The fourth-order valence-electron chi connectivity index (χ4n) is 7.11. The van der Waals surface area contributed by atoms with E-state index in [9.17, 15) is 4.79 Å². The highest BCUT2D eigenvalue weighted by molar-refractivity contribution is 5.48. The summed E-state index contributed by atoms with van der Waals surface area (Å²) >= 11 is 0. The maximum Gasteiger partial charge on any atom is 0.119 e. The van der Waals surface area contributed by atoms with Crippen molar-refractivity contribution in [1.82, 2.24) is 4.90 Å². The van der Waals surface area contributed by atoms with E-state index in [0.29, 0.717) is 0 Å². The Kier molecular flexibility index (Phi) is 77.2. The summed E-state index contributed by atoms with van der Waals surface area (Å²) in [7, 11) is 6.03. The zero-order valence-electron chi connectivity index (χ0n) is 44.7. The van der Waals surface area contributed by atoms with E-state index in [-0.39, 0.29) is 0 Å². The minimum absolute atomic E-state index is 0.754. The first-order chi connectivity index (χ1) is 29.7. The Hall–Kier alpha value is -0.930. The zero-order chi connectivity index (χ0) is 46.7. The summed E-state index contributed by atoms with van der Waals surface area (Å²) in [6.45, 7) is 27.8. The SMILES string of the molecule is C=CCC(CC)CCCCCCCC.C=CCC(CCCC)CCCCCCCCCCOC.CCCC.CCCC1CC1.CCCCCCCC=O.CCCCCN(C)C. The molecule has 0 saturated heterocycles. The van der Waals surface area contributed by atoms with Gasteiger partial charge in [-0.25, -0.2) is 0 Å². The monoisotopic (exact) mass is 864 g/mol. The van der Waals surface area contributed by atoms with Gasteiger partial charge in [-0.05, 0) is 70.5 Å². The van der Waals surface area contributed by atoms with Gasteiger partial charge in [-0.2, -0.15) is 0 Å². The molecule has 0 radical (unpaired) electrons. The molecule has 1 aliphatic rings. The van der Waals surface area contributed by atoms with Crippen LogP contribution >= 0.6 is 0 Å². The number of nitrogens with zero attached hydrogens (tertiary/aromatic N) is 1. The van der Waals surface area contributed by atoms with Crippen molar-refractivity contribution in [1.29, 1.82) is 0 Å². The summed E-state index contributed by atoms with van der Waals surface area (Å²) in [5.41, 5.74) is 0. The number of rotatable bonds is 39. The second-order valence-electron chi connectivity index (χ2n) is 18.6. The lowest BCUT2D eigenvalue weighted by molar-refractivity contribution is -0.107. The summed E-state index contributed by atoms with van der Waals surface area (Å²) in [6.07, 6.45) is 55.1. The smallest absolute Gasteiger partial charge is 0.119 e. The third-order valence-corrected chi connectivity index (χ3v) is 11.7. The van der Waals surface area contributed by atoms with Crippen molar-refractivity contribution < 1.29 is 9.53 Å². The van der Waals surface area contributed by atoms with Gasteiger partial charge < -0.3 is 14.4 Å². The molecule has 0 heterocycles. The van der Waals surface area contributed by atoms with Crippen LogP contribution in [0.5, 0.6) is 0 Å². The van der Waals surface area contributed by atoms with E-state index < -0.39 is 0 Å². The second kappa shape index (κ2) is 68.1. The lowest BCUT2D eigenvalue weighted by Gasteiger charge is -2.14. The number of allylic oxidation sites excluding steroid dienone is 2. The van der Waals surface area contributed by atoms with Crippen molar-refractivity contribution in [2.45, 2.75) is 293 Å². The Balaban J connectivity index is -0.000000222. The number of hydrogen-bond donors (Lipinski definition) is 0. The number of carbonyl (C=O) groups excluding carboxylic acids is 1. The lowest BCUT2D eigenvalue weighted by atomic mass is 9.92. The average molecular weight is 865 g/mol. The number of ether oxygens (including phenoxy) is 1. The van der Waals surface area contributed by atoms with E-state index in [1.807, 2.05) is 0 Å². The minimum atomic E-state index is 0.754. The molecule has 0 aromatic carbocycles. The van der Waals surface area contributed by atoms with Crippen molar-refractivity contribution in [2.24, 2.45) is 17.8 Å². The molecule has 0 aromatic heterocycles. The quantitative estimate of drug-likeness (QED) is 0.0350. The van der Waals surface area contributed by atoms with Crippen molar-refractivity contribution in [2.75, 3.05) is 34.4 Å². The van der Waals surface area contributed by atoms with E-state index in [1.54, 1.807) is 7.11 Å². The number of hydrogen-bond acceptors (Lipinski definition) is 3. The number of aldehydes is 1. The van der Waals surface area contributed by atoms with E-state index >= 15 is 0 Å². The van der Waals surface area contributed by atoms with Gasteiger partial charge in [-0.3, -0.25) is 0 Å². The highest BCUT2D eigenvalue weighted by Crippen LogP contribution is 2.33. The van der Waals surface area contributed by atoms with Crippen molar-refractivity contribution >= 4 is 6.29 Å². The first-order valence-corrected chi connectivity index (χ1v) is 27.5. The highest BCUT2D eigenvalue weighted by Gasteiger charge is 2.18. The van der Waals surface area contributed by atoms with Gasteiger partial charge in [0.1, 0.15) is 6.29 Å². The highest BCUT2D eigenvalue weighted by atomic mass is 16.5. The van der Waals surface area contributed by atoms with Crippen LogP contribution in [-0.4, -0.2) is 45.5 Å². The summed E-state index contributed by atoms with van der Waals surface area (Å²) < 4.78 is 5.06. The lowest BCUT2D eigenvalue weighted by Crippen LogP contribution is -2.12. The zero-order valence-corrected chi connectivity index (χ0v) is 44.7. The Morgan fingerprint density at radius 1 is 0.508 bits per heavy atom. The third-order valence-electron chi connectivity index (χ3n) is 11.7. The van der Waals surface area contributed by atoms with Gasteiger partial charge in [0.05, 0.1) is 0 Å². The molecular formula is C58H121NO2. The molecule has 1 saturated carbocycles. The molecule has 0 N–H and O–H groups in total. The van der Waals surface area contributed by atoms with Crippen LogP contribution in [0.25, 0.3) is 0 Å². The first kappa shape index (κ1) is 69.1. The number of methoxy groups -OCH3 is 1. The summed E-state index contributed by atoms with van der Waals surface area (Å²) in [5, 5.41) is 0. The average Bonchev–Trinajstić information content (AvgIpc) is 4.09. The van der Waals surface area contributed by atoms with E-state index in [1.165, 1.54) is 231 Å². The normalized spacial score (nSPS) is 12.4. The van der Waals surface area contributed by atoms with Crippen molar-refractivity contribution in [3.63, 3.8) is 0 Å². The summed E-state index contributed by atoms with van der Waals surface area (Å²) in [5.74, 6) is 2.95. The molecular weight excluding hydrogens is 743 g/mol. The summed E-state index contributed by atoms with van der Waals surface area (Å²) in [4.78, 5) is 12.1. The molecule has 0 bridgehead atoms. The van der Waals surface area contributed by atoms with Crippen LogP contribution in [0.3, 0.4) is 0 Å². The van der Waals surface area contributed by atoms with Crippen LogP contribution in [-0.2, 0) is 9.53 Å². The van der Waals surface area contributed by atoms with Crippen LogP contribution in [0.2, 0.25) is 0 Å². The topological polar surface area (TPSA) is 29.5 Å². The van der Waals surface area contributed by atoms with Gasteiger partial charge >= 0.3 is 0 Å². The molecule has 0 amide bonds. The molecule has 1 rings (SSSR count). The maximum absolute atomic E-state index is 9.84. The molecule has 0 aromatic rings. The predicted octanol–water partition coefficient (Wildman–Crippen LogP) is 20.2. The van der Waals surface area contributed by atoms with E-state index in [2.05, 4.69) is 99.7 Å². The Bertz CT molecular complexity index is 730. The van der Waals surface area contributed by atoms with E-state index in [0.717, 1.165) is 43.5 Å². The van der Waals surface area contributed by atoms with Crippen LogP contribution in [0.1, 0.15) is 293 Å². The number of unbranched alkanes of at least 4 members (excludes halogenated alkanes) is 21. The molecule has 2 unspecified atom stereocenters. The molecule has 61 heavy (non-hydrogen) atoms. The summed E-state index contributed by atoms with van der Waals surface area (Å²) in [6, 6.07) is 0. The van der Waals surface area contributed by atoms with Crippen LogP contribution < -0.4 is 0 Å². The molecule has 0 aliphatic heterocycles. The Labute approximate surface area is 389 Å². The Morgan fingerprint density at radius 3 is 1.30 bits per heavy atom. The minimum Gasteiger partial charge on any atom is -0.385 e. The third kappa shape index (κ3) is 79.9. The van der Waals surface area contributed by atoms with E-state index in [4.69, 9.17) is 4.74 Å².